The molecule has 0 heterocycles. The van der Waals surface area contributed by atoms with Crippen LogP contribution in [0.1, 0.15) is 25.3 Å². The highest BCUT2D eigenvalue weighted by atomic mass is 79.9. The molecule has 0 radical (unpaired) electrons. The van der Waals surface area contributed by atoms with Crippen LogP contribution in [0.15, 0.2) is 28.7 Å². The lowest BCUT2D eigenvalue weighted by atomic mass is 10.1. The first-order chi connectivity index (χ1) is 11.8. The SMILES string of the molecule is CCCCc1ccc(NC(=S)Nc2c(F)c(F)c(Br)c(F)c2F)cc1. The third-order valence-corrected chi connectivity index (χ3v) is 4.38. The monoisotopic (exact) mass is 434 g/mol. The van der Waals surface area contributed by atoms with E-state index in [0.29, 0.717) is 5.69 Å². The third-order valence-electron chi connectivity index (χ3n) is 3.48. The van der Waals surface area contributed by atoms with Crippen LogP contribution < -0.4 is 10.6 Å². The van der Waals surface area contributed by atoms with E-state index >= 15 is 0 Å². The summed E-state index contributed by atoms with van der Waals surface area (Å²) in [6.07, 6.45) is 3.12. The molecule has 2 aromatic carbocycles. The summed E-state index contributed by atoms with van der Waals surface area (Å²) in [5.41, 5.74) is 0.743. The predicted molar refractivity (Wildman–Crippen MR) is 98.9 cm³/mol. The Kier molecular flexibility index (Phi) is 6.78. The molecular weight excluding hydrogens is 420 g/mol. The van der Waals surface area contributed by atoms with Crippen molar-refractivity contribution in [3.05, 3.63) is 57.6 Å². The van der Waals surface area contributed by atoms with Crippen molar-refractivity contribution in [3.63, 3.8) is 0 Å². The summed E-state index contributed by atoms with van der Waals surface area (Å²) in [6, 6.07) is 7.32. The molecular formula is C17H15BrF4N2S. The number of unbranched alkanes of at least 4 members (excludes halogenated alkanes) is 1. The minimum atomic E-state index is -1.56. The van der Waals surface area contributed by atoms with E-state index in [1.807, 2.05) is 12.1 Å². The fraction of sp³-hybridized carbons (Fsp3) is 0.235. The second-order valence-corrected chi connectivity index (χ2v) is 6.53. The summed E-state index contributed by atoms with van der Waals surface area (Å²) in [5, 5.41) is 4.67. The van der Waals surface area contributed by atoms with Gasteiger partial charge in [0.15, 0.2) is 28.4 Å². The van der Waals surface area contributed by atoms with Crippen molar-refractivity contribution >= 4 is 44.6 Å². The lowest BCUT2D eigenvalue weighted by Crippen LogP contribution is -2.21. The van der Waals surface area contributed by atoms with Gasteiger partial charge in [-0.2, -0.15) is 0 Å². The Morgan fingerprint density at radius 1 is 0.960 bits per heavy atom. The first-order valence-corrected chi connectivity index (χ1v) is 8.73. The van der Waals surface area contributed by atoms with Crippen LogP contribution in [0.4, 0.5) is 28.9 Å². The molecule has 0 fully saturated rings. The van der Waals surface area contributed by atoms with Gasteiger partial charge >= 0.3 is 0 Å². The molecule has 134 valence electrons. The molecule has 2 nitrogen and oxygen atoms in total. The third kappa shape index (κ3) is 4.70. The lowest BCUT2D eigenvalue weighted by molar-refractivity contribution is 0.452. The summed E-state index contributed by atoms with van der Waals surface area (Å²) < 4.78 is 53.8. The first kappa shape index (κ1) is 19.7. The zero-order valence-corrected chi connectivity index (χ0v) is 15.6. The Labute approximate surface area is 156 Å². The number of hydrogen-bond donors (Lipinski definition) is 2. The summed E-state index contributed by atoms with van der Waals surface area (Å²) in [5.74, 6) is -6.20. The van der Waals surface area contributed by atoms with Gasteiger partial charge in [0.25, 0.3) is 0 Å². The molecule has 0 aliphatic rings. The molecule has 0 spiro atoms. The van der Waals surface area contributed by atoms with E-state index in [-0.39, 0.29) is 5.11 Å². The van der Waals surface area contributed by atoms with Gasteiger partial charge in [0.2, 0.25) is 0 Å². The number of nitrogens with one attached hydrogen (secondary N) is 2. The van der Waals surface area contributed by atoms with Crippen LogP contribution in [0.2, 0.25) is 0 Å². The number of anilines is 2. The van der Waals surface area contributed by atoms with Crippen LogP contribution >= 0.6 is 28.1 Å². The molecule has 0 saturated carbocycles. The normalized spacial score (nSPS) is 10.6. The van der Waals surface area contributed by atoms with Gasteiger partial charge in [-0.15, -0.1) is 0 Å². The Balaban J connectivity index is 2.11. The molecule has 0 amide bonds. The first-order valence-electron chi connectivity index (χ1n) is 7.53. The second kappa shape index (κ2) is 8.62. The van der Waals surface area contributed by atoms with Gasteiger partial charge in [-0.3, -0.25) is 0 Å². The highest BCUT2D eigenvalue weighted by molar-refractivity contribution is 9.10. The largest absolute Gasteiger partial charge is 0.332 e. The number of thiocarbonyl (C=S) groups is 1. The number of benzene rings is 2. The fourth-order valence-corrected chi connectivity index (χ4v) is 2.69. The van der Waals surface area contributed by atoms with E-state index in [1.54, 1.807) is 12.1 Å². The summed E-state index contributed by atoms with van der Waals surface area (Å²) in [4.78, 5) is 0. The standard InChI is InChI=1S/C17H15BrF4N2S/c1-2-3-4-9-5-7-10(8-6-9)23-17(25)24-16-14(21)12(19)11(18)13(20)15(16)22/h5-8H,2-4H2,1H3,(H2,23,24,25). The van der Waals surface area contributed by atoms with Gasteiger partial charge in [-0.25, -0.2) is 17.6 Å². The van der Waals surface area contributed by atoms with Gasteiger partial charge in [0.05, 0.1) is 4.47 Å². The van der Waals surface area contributed by atoms with E-state index in [0.717, 1.165) is 24.8 Å². The molecule has 2 rings (SSSR count). The highest BCUT2D eigenvalue weighted by Gasteiger charge is 2.24. The number of aryl methyl sites for hydroxylation is 1. The molecule has 0 aliphatic heterocycles. The smallest absolute Gasteiger partial charge is 0.186 e. The maximum absolute atomic E-state index is 13.8. The Morgan fingerprint density at radius 2 is 1.52 bits per heavy atom. The number of halogens is 5. The van der Waals surface area contributed by atoms with E-state index < -0.39 is 33.4 Å². The fourth-order valence-electron chi connectivity index (χ4n) is 2.13. The minimum Gasteiger partial charge on any atom is -0.332 e. The average molecular weight is 435 g/mol. The summed E-state index contributed by atoms with van der Waals surface area (Å²) in [6.45, 7) is 2.10. The van der Waals surface area contributed by atoms with Gasteiger partial charge < -0.3 is 10.6 Å². The topological polar surface area (TPSA) is 24.1 Å². The molecule has 0 saturated heterocycles. The van der Waals surface area contributed by atoms with Gasteiger partial charge in [0.1, 0.15) is 5.69 Å². The number of hydrogen-bond acceptors (Lipinski definition) is 1. The van der Waals surface area contributed by atoms with Crippen LogP contribution in [0.3, 0.4) is 0 Å². The summed E-state index contributed by atoms with van der Waals surface area (Å²) in [7, 11) is 0. The van der Waals surface area contributed by atoms with E-state index in [2.05, 4.69) is 33.5 Å². The van der Waals surface area contributed by atoms with Crippen LogP contribution in [0, 0.1) is 23.3 Å². The molecule has 0 aliphatic carbocycles. The van der Waals surface area contributed by atoms with Crippen molar-refractivity contribution in [1.82, 2.24) is 0 Å². The van der Waals surface area contributed by atoms with Crippen molar-refractivity contribution < 1.29 is 17.6 Å². The van der Waals surface area contributed by atoms with Crippen LogP contribution in [0.25, 0.3) is 0 Å². The molecule has 0 atom stereocenters. The van der Waals surface area contributed by atoms with Crippen molar-refractivity contribution in [1.29, 1.82) is 0 Å². The summed E-state index contributed by atoms with van der Waals surface area (Å²) >= 11 is 7.40. The highest BCUT2D eigenvalue weighted by Crippen LogP contribution is 2.31. The minimum absolute atomic E-state index is 0.194. The van der Waals surface area contributed by atoms with E-state index in [1.165, 1.54) is 0 Å². The van der Waals surface area contributed by atoms with Crippen LogP contribution in [-0.4, -0.2) is 5.11 Å². The van der Waals surface area contributed by atoms with Gasteiger partial charge in [-0.05, 0) is 58.7 Å². The van der Waals surface area contributed by atoms with Crippen molar-refractivity contribution in [3.8, 4) is 0 Å². The molecule has 25 heavy (non-hydrogen) atoms. The van der Waals surface area contributed by atoms with Crippen molar-refractivity contribution in [2.75, 3.05) is 10.6 Å². The maximum Gasteiger partial charge on any atom is 0.186 e. The second-order valence-electron chi connectivity index (χ2n) is 5.32. The molecule has 2 aromatic rings. The van der Waals surface area contributed by atoms with Gasteiger partial charge in [0, 0.05) is 5.69 Å². The Hall–Kier alpha value is -1.67. The Morgan fingerprint density at radius 3 is 2.04 bits per heavy atom. The zero-order chi connectivity index (χ0) is 18.6. The van der Waals surface area contributed by atoms with Crippen LogP contribution in [0.5, 0.6) is 0 Å². The molecule has 0 bridgehead atoms. The molecule has 0 aromatic heterocycles. The van der Waals surface area contributed by atoms with Crippen molar-refractivity contribution in [2.24, 2.45) is 0 Å². The maximum atomic E-state index is 13.8. The predicted octanol–water partition coefficient (Wildman–Crippen LogP) is 6.16. The zero-order valence-electron chi connectivity index (χ0n) is 13.2. The molecule has 2 N–H and O–H groups in total. The quantitative estimate of drug-likeness (QED) is 0.255. The van der Waals surface area contributed by atoms with E-state index in [4.69, 9.17) is 12.2 Å². The van der Waals surface area contributed by atoms with Gasteiger partial charge in [-0.1, -0.05) is 25.5 Å². The average Bonchev–Trinajstić information content (AvgIpc) is 2.61. The molecule has 8 heteroatoms. The lowest BCUT2D eigenvalue weighted by Gasteiger charge is -2.14. The molecule has 0 unspecified atom stereocenters. The van der Waals surface area contributed by atoms with Crippen molar-refractivity contribution in [2.45, 2.75) is 26.2 Å². The number of rotatable bonds is 5. The Bertz CT molecular complexity index is 752. The van der Waals surface area contributed by atoms with E-state index in [9.17, 15) is 17.6 Å². The van der Waals surface area contributed by atoms with Crippen LogP contribution in [-0.2, 0) is 6.42 Å².